The molecule has 0 heterocycles. The van der Waals surface area contributed by atoms with E-state index in [-0.39, 0.29) is 11.4 Å². The van der Waals surface area contributed by atoms with Crippen molar-refractivity contribution >= 4 is 38.1 Å². The molecule has 20 heavy (non-hydrogen) atoms. The van der Waals surface area contributed by atoms with Crippen LogP contribution >= 0.6 is 0 Å². The number of hydrogen-bond donors (Lipinski definition) is 0. The molecule has 2 aromatic carbocycles. The van der Waals surface area contributed by atoms with Gasteiger partial charge in [0.15, 0.2) is 0 Å². The molecule has 6 nitrogen and oxygen atoms in total. The maximum absolute atomic E-state index is 10.6. The van der Waals surface area contributed by atoms with E-state index in [9.17, 15) is 20.2 Å². The van der Waals surface area contributed by atoms with Crippen molar-refractivity contribution in [3.05, 3.63) is 68.8 Å². The molecule has 7 heteroatoms. The van der Waals surface area contributed by atoms with Crippen molar-refractivity contribution in [2.45, 2.75) is 4.97 Å². The van der Waals surface area contributed by atoms with Gasteiger partial charge in [0.05, 0.1) is 0 Å². The van der Waals surface area contributed by atoms with Gasteiger partial charge in [-0.2, -0.15) is 0 Å². The molecule has 0 N–H and O–H groups in total. The second-order valence-electron chi connectivity index (χ2n) is 4.01. The number of nitro benzene ring substituents is 2. The third kappa shape index (κ3) is 3.13. The number of rotatable bonds is 4. The average Bonchev–Trinajstić information content (AvgIpc) is 2.46. The average molecular weight is 387 g/mol. The van der Waals surface area contributed by atoms with Crippen LogP contribution in [-0.4, -0.2) is 29.4 Å². The van der Waals surface area contributed by atoms with Crippen LogP contribution in [0.4, 0.5) is 11.4 Å². The Morgan fingerprint density at radius 3 is 1.30 bits per heavy atom. The predicted octanol–water partition coefficient (Wildman–Crippen LogP) is 1.74. The summed E-state index contributed by atoms with van der Waals surface area (Å²) < 4.78 is 2.18. The van der Waals surface area contributed by atoms with Crippen molar-refractivity contribution < 1.29 is 9.85 Å². The van der Waals surface area contributed by atoms with E-state index in [0.29, 0.717) is 0 Å². The minimum atomic E-state index is -1.80. The first-order valence-electron chi connectivity index (χ1n) is 5.64. The Morgan fingerprint density at radius 1 is 0.750 bits per heavy atom. The van der Waals surface area contributed by atoms with E-state index in [4.69, 9.17) is 0 Å². The fourth-order valence-electron chi connectivity index (χ4n) is 1.68. The molecule has 0 fully saturated rings. The van der Waals surface area contributed by atoms with Crippen LogP contribution in [0.25, 0.3) is 0 Å². The molecule has 0 amide bonds. The topological polar surface area (TPSA) is 86.3 Å². The van der Waals surface area contributed by atoms with Gasteiger partial charge in [0.1, 0.15) is 0 Å². The molecule has 0 radical (unpaired) electrons. The molecule has 0 aliphatic rings. The molecule has 0 aliphatic carbocycles. The molecular formula is C13H11N2O4Te+. The fraction of sp³-hybridized carbons (Fsp3) is 0.0769. The third-order valence-electron chi connectivity index (χ3n) is 2.80. The summed E-state index contributed by atoms with van der Waals surface area (Å²) in [6.45, 7) is 0. The van der Waals surface area contributed by atoms with Gasteiger partial charge in [0.25, 0.3) is 0 Å². The molecule has 0 atom stereocenters. The molecule has 0 saturated carbocycles. The van der Waals surface area contributed by atoms with E-state index in [0.717, 1.165) is 7.22 Å². The van der Waals surface area contributed by atoms with Gasteiger partial charge in [0.2, 0.25) is 0 Å². The van der Waals surface area contributed by atoms with E-state index in [1.165, 1.54) is 24.3 Å². The summed E-state index contributed by atoms with van der Waals surface area (Å²) in [6, 6.07) is 13.1. The van der Waals surface area contributed by atoms with Crippen molar-refractivity contribution in [1.29, 1.82) is 0 Å². The number of hydrogen-bond acceptors (Lipinski definition) is 4. The molecule has 0 bridgehead atoms. The van der Waals surface area contributed by atoms with E-state index in [1.807, 2.05) is 0 Å². The van der Waals surface area contributed by atoms with Gasteiger partial charge in [-0.3, -0.25) is 0 Å². The molecule has 2 rings (SSSR count). The van der Waals surface area contributed by atoms with Crippen molar-refractivity contribution in [3.8, 4) is 0 Å². The Morgan fingerprint density at radius 2 is 1.05 bits per heavy atom. The predicted molar refractivity (Wildman–Crippen MR) is 77.1 cm³/mol. The number of nitrogens with zero attached hydrogens (tertiary/aromatic N) is 2. The van der Waals surface area contributed by atoms with Crippen molar-refractivity contribution in [2.75, 3.05) is 0 Å². The quantitative estimate of drug-likeness (QED) is 0.455. The van der Waals surface area contributed by atoms with Gasteiger partial charge in [-0.05, 0) is 0 Å². The normalized spacial score (nSPS) is 10.5. The van der Waals surface area contributed by atoms with Crippen LogP contribution in [0.3, 0.4) is 0 Å². The van der Waals surface area contributed by atoms with Gasteiger partial charge in [-0.15, -0.1) is 0 Å². The minimum absolute atomic E-state index is 0.0732. The Labute approximate surface area is 122 Å². The zero-order valence-electron chi connectivity index (χ0n) is 10.6. The molecule has 102 valence electrons. The first kappa shape index (κ1) is 14.4. The van der Waals surface area contributed by atoms with Gasteiger partial charge in [-0.1, -0.05) is 0 Å². The molecule has 0 saturated heterocycles. The SMILES string of the molecule is C[Te+](c1ccc([N+](=O)[O-])cc1)c1ccc([N+](=O)[O-])cc1. The zero-order chi connectivity index (χ0) is 14.7. The zero-order valence-corrected chi connectivity index (χ0v) is 12.9. The summed E-state index contributed by atoms with van der Waals surface area (Å²) in [5.41, 5.74) is 0.146. The van der Waals surface area contributed by atoms with Crippen molar-refractivity contribution in [2.24, 2.45) is 0 Å². The summed E-state index contributed by atoms with van der Waals surface area (Å²) in [6.07, 6.45) is 0. The van der Waals surface area contributed by atoms with Crippen LogP contribution in [-0.2, 0) is 0 Å². The maximum atomic E-state index is 10.6. The Balaban J connectivity index is 2.24. The van der Waals surface area contributed by atoms with Gasteiger partial charge in [-0.25, -0.2) is 0 Å². The molecule has 0 aliphatic heterocycles. The number of nitro groups is 2. The van der Waals surface area contributed by atoms with E-state index in [1.54, 1.807) is 24.3 Å². The van der Waals surface area contributed by atoms with Gasteiger partial charge < -0.3 is 0 Å². The first-order valence-corrected chi connectivity index (χ1v) is 10.3. The van der Waals surface area contributed by atoms with Crippen LogP contribution in [0.1, 0.15) is 0 Å². The van der Waals surface area contributed by atoms with Crippen molar-refractivity contribution in [3.63, 3.8) is 0 Å². The summed E-state index contributed by atoms with van der Waals surface area (Å²) in [7, 11) is 0. The van der Waals surface area contributed by atoms with Crippen LogP contribution in [0, 0.1) is 20.2 Å². The van der Waals surface area contributed by atoms with Crippen LogP contribution in [0.15, 0.2) is 48.5 Å². The molecule has 0 spiro atoms. The third-order valence-corrected chi connectivity index (χ3v) is 8.39. The molecular weight excluding hydrogens is 376 g/mol. The fourth-order valence-corrected chi connectivity index (χ4v) is 5.56. The molecule has 0 aromatic heterocycles. The van der Waals surface area contributed by atoms with Crippen molar-refractivity contribution in [1.82, 2.24) is 0 Å². The van der Waals surface area contributed by atoms with Gasteiger partial charge in [0, 0.05) is 0 Å². The van der Waals surface area contributed by atoms with Gasteiger partial charge >= 0.3 is 122 Å². The van der Waals surface area contributed by atoms with E-state index < -0.39 is 29.4 Å². The standard InChI is InChI=1S/C13H11N2O4Te/c1-20(12-6-2-10(3-7-12)14(16)17)13-8-4-11(5-9-13)15(18)19/h2-9H,1H3/q+1. The number of non-ortho nitro benzene ring substituents is 2. The summed E-state index contributed by atoms with van der Waals surface area (Å²) in [5.74, 6) is 0. The van der Waals surface area contributed by atoms with E-state index >= 15 is 0 Å². The number of benzene rings is 2. The second-order valence-corrected chi connectivity index (χ2v) is 9.62. The Kier molecular flexibility index (Phi) is 4.32. The van der Waals surface area contributed by atoms with Crippen LogP contribution in [0.2, 0.25) is 4.97 Å². The first-order chi connectivity index (χ1) is 9.49. The summed E-state index contributed by atoms with van der Waals surface area (Å²) in [5, 5.41) is 21.2. The van der Waals surface area contributed by atoms with Crippen LogP contribution in [0.5, 0.6) is 0 Å². The Hall–Kier alpha value is -1.97. The van der Waals surface area contributed by atoms with E-state index in [2.05, 4.69) is 4.97 Å². The monoisotopic (exact) mass is 389 g/mol. The molecule has 2 aromatic rings. The summed E-state index contributed by atoms with van der Waals surface area (Å²) in [4.78, 5) is 22.5. The van der Waals surface area contributed by atoms with Crippen LogP contribution < -0.4 is 7.22 Å². The Bertz CT molecular complexity index is 583. The second kappa shape index (κ2) is 5.99. The molecule has 0 unspecified atom stereocenters. The summed E-state index contributed by atoms with van der Waals surface area (Å²) >= 11 is -1.80.